The van der Waals surface area contributed by atoms with Crippen LogP contribution in [-0.4, -0.2) is 303 Å². The average Bonchev–Trinajstić information content (AvgIpc) is 1.51. The van der Waals surface area contributed by atoms with Crippen molar-refractivity contribution in [2.75, 3.05) is 205 Å². The number of nitrogens with one attached hydrogen (secondary N) is 8. The molecule has 0 fully saturated rings. The lowest BCUT2D eigenvalue weighted by atomic mass is 9.83. The number of carbonyl (C=O) groups excluding carboxylic acids is 9. The highest BCUT2D eigenvalue weighted by atomic mass is 35.5. The molecule has 8 rings (SSSR count). The van der Waals surface area contributed by atoms with Gasteiger partial charge in [0.25, 0.3) is 5.56 Å². The minimum absolute atomic E-state index is 0.0185. The van der Waals surface area contributed by atoms with Crippen LogP contribution in [0.3, 0.4) is 0 Å². The number of carbonyl (C=O) groups is 9. The van der Waals surface area contributed by atoms with Gasteiger partial charge in [0.15, 0.2) is 5.60 Å². The number of amides is 8. The molecule has 0 unspecified atom stereocenters. The SMILES string of the molecule is CC[C@@]1(O)C(=O)OCc2c1cc1n(c2=O)Cc2c-1nc1cc(F)c(Cl)c3c1c2[C@H](NC(=O)COCNC(=O)CNC(=O)[C@H](Cc1ccccc1)NC(=O)CNC(=O)CNC(=O)[C@H](CCCCNC(=O)CCCC#Cc1cnc(S(C)(=O)=O)nc1)NC(=O)CCOCCOCCOCCOCCOCCOCCOCCOCCOCCOCCOCCOC)CC3. The molecule has 3 aliphatic rings. The van der Waals surface area contributed by atoms with Gasteiger partial charge in [-0.15, -0.1) is 0 Å². The lowest BCUT2D eigenvalue weighted by Gasteiger charge is -2.31. The first-order valence-electron chi connectivity index (χ1n) is 41.7. The van der Waals surface area contributed by atoms with E-state index in [2.05, 4.69) is 64.3 Å². The quantitative estimate of drug-likeness (QED) is 0.00827. The summed E-state index contributed by atoms with van der Waals surface area (Å²) in [4.78, 5) is 146. The number of aliphatic hydroxyl groups is 1. The van der Waals surface area contributed by atoms with E-state index in [1.807, 2.05) is 0 Å². The maximum absolute atomic E-state index is 15.4. The second-order valence-corrected chi connectivity index (χ2v) is 31.2. The van der Waals surface area contributed by atoms with Crippen molar-refractivity contribution < 1.29 is 127 Å². The summed E-state index contributed by atoms with van der Waals surface area (Å²) in [5, 5.41) is 32.4. The Labute approximate surface area is 734 Å². The van der Waals surface area contributed by atoms with Gasteiger partial charge in [0.05, 0.1) is 217 Å². The number of pyridine rings is 2. The van der Waals surface area contributed by atoms with Crippen LogP contribution in [0, 0.1) is 17.7 Å². The highest BCUT2D eigenvalue weighted by Gasteiger charge is 2.46. The Morgan fingerprint density at radius 1 is 0.627 bits per heavy atom. The van der Waals surface area contributed by atoms with Crippen LogP contribution in [-0.2, 0) is 151 Å². The van der Waals surface area contributed by atoms with Crippen molar-refractivity contribution in [1.82, 2.24) is 62.1 Å². The summed E-state index contributed by atoms with van der Waals surface area (Å²) in [5.74, 6) is -1.12. The van der Waals surface area contributed by atoms with Gasteiger partial charge in [-0.05, 0) is 67.7 Å². The second-order valence-electron chi connectivity index (χ2n) is 28.9. The van der Waals surface area contributed by atoms with E-state index in [4.69, 9.17) is 82.9 Å². The van der Waals surface area contributed by atoms with Gasteiger partial charge in [-0.1, -0.05) is 60.7 Å². The molecule has 4 atom stereocenters. The minimum atomic E-state index is -3.57. The van der Waals surface area contributed by atoms with Crippen molar-refractivity contribution in [3.8, 4) is 23.2 Å². The number of hydrogen-bond acceptors (Lipinski definition) is 30. The van der Waals surface area contributed by atoms with Gasteiger partial charge in [0.1, 0.15) is 37.8 Å². The van der Waals surface area contributed by atoms with Crippen LogP contribution < -0.4 is 48.1 Å². The summed E-state index contributed by atoms with van der Waals surface area (Å²) >= 11 is 6.54. The molecular weight excluding hydrogens is 1700 g/mol. The van der Waals surface area contributed by atoms with Crippen molar-refractivity contribution >= 4 is 85.6 Å². The van der Waals surface area contributed by atoms with Crippen LogP contribution in [0.2, 0.25) is 5.02 Å². The Balaban J connectivity index is 0.699. The van der Waals surface area contributed by atoms with E-state index in [-0.39, 0.29) is 135 Å². The molecule has 126 heavy (non-hydrogen) atoms. The number of nitrogens with zero attached hydrogens (tertiary/aromatic N) is 4. The standard InChI is InChI=1S/C84H114ClFN12O27S/c1-4-84(109)62-46-68-78-60(53-98(68)81(107)61(62)54-125-82(84)108)76-64(19-18-59-75(76)66(97-78)47-63(86)77(59)85)94-74(104)55-124-56-93-72(102)51-90-80(106)67(45-57-13-7-5-8-14-57)96-73(103)52-88-71(101)50-89-79(105)65(16-11-12-21-87-69(99)17-10-6-9-15-58-48-91-83(92-49-58)126(3,110)111)95-70(100)20-22-113-25-26-115-29-30-117-33-34-119-37-38-121-41-42-123-44-43-122-40-39-120-36-35-118-32-31-116-28-27-114-24-23-112-2/h5,7-8,13-14,46-49,64-65,67,109H,4,6,10-12,16-45,50-56H2,1-3H3,(H,87,99)(H,88,101)(H,89,105)(H,90,106)(H,93,102)(H,94,104)(H,95,100)(H,96,103)/t64-,65+,67+,84+/m1/s1. The van der Waals surface area contributed by atoms with E-state index >= 15 is 4.39 Å². The fourth-order valence-electron chi connectivity index (χ4n) is 13.2. The first kappa shape index (κ1) is 102. The largest absolute Gasteiger partial charge is 0.458 e. The van der Waals surface area contributed by atoms with Crippen molar-refractivity contribution in [1.29, 1.82) is 0 Å². The molecule has 0 saturated carbocycles. The fraction of sp³-hybridized carbons (Fsp3) is 0.583. The molecule has 5 aromatic rings. The summed E-state index contributed by atoms with van der Waals surface area (Å²) in [6, 6.07) is 8.16. The number of unbranched alkanes of at least 4 members (excludes halogenated alkanes) is 2. The zero-order valence-electron chi connectivity index (χ0n) is 71.1. The molecule has 3 aromatic heterocycles. The number of ether oxygens (including phenoxy) is 14. The summed E-state index contributed by atoms with van der Waals surface area (Å²) in [5.41, 5.74) is 0.905. The zero-order chi connectivity index (χ0) is 90.3. The van der Waals surface area contributed by atoms with Crippen LogP contribution >= 0.6 is 11.6 Å². The molecule has 0 radical (unpaired) electrons. The lowest BCUT2D eigenvalue weighted by molar-refractivity contribution is -0.172. The van der Waals surface area contributed by atoms with Crippen LogP contribution in [0.4, 0.5) is 4.39 Å². The van der Waals surface area contributed by atoms with Gasteiger partial charge >= 0.3 is 5.97 Å². The molecule has 8 amide bonds. The number of aryl methyl sites for hydroxylation is 1. The lowest BCUT2D eigenvalue weighted by Crippen LogP contribution is -2.53. The molecule has 39 nitrogen and oxygen atoms in total. The van der Waals surface area contributed by atoms with Crippen LogP contribution in [0.1, 0.15) is 110 Å². The van der Waals surface area contributed by atoms with Gasteiger partial charge in [-0.2, -0.15) is 0 Å². The fourth-order valence-corrected chi connectivity index (χ4v) is 13.9. The van der Waals surface area contributed by atoms with E-state index in [0.29, 0.717) is 184 Å². The molecule has 2 aliphatic heterocycles. The number of fused-ring (bicyclic) bond motifs is 5. The number of halogens is 2. The second kappa shape index (κ2) is 55.8. The molecule has 0 bridgehead atoms. The number of benzene rings is 2. The minimum Gasteiger partial charge on any atom is -0.458 e. The average molecular weight is 1810 g/mol. The number of aromatic nitrogens is 4. The first-order chi connectivity index (χ1) is 61.0. The number of hydrogen-bond donors (Lipinski definition) is 9. The molecule has 1 aliphatic carbocycles. The number of methoxy groups -OCH3 is 1. The number of cyclic esters (lactones) is 1. The Hall–Kier alpha value is -9.72. The third-order valence-electron chi connectivity index (χ3n) is 19.6. The highest BCUT2D eigenvalue weighted by molar-refractivity contribution is 7.90. The molecule has 2 aromatic carbocycles. The van der Waals surface area contributed by atoms with Crippen molar-refractivity contribution in [3.05, 3.63) is 115 Å². The molecule has 0 spiro atoms. The van der Waals surface area contributed by atoms with Gasteiger partial charge in [0, 0.05) is 80.6 Å². The van der Waals surface area contributed by atoms with Gasteiger partial charge in [-0.25, -0.2) is 32.6 Å². The topological polar surface area (TPSA) is 494 Å². The summed E-state index contributed by atoms with van der Waals surface area (Å²) in [7, 11) is -1.94. The van der Waals surface area contributed by atoms with E-state index in [0.717, 1.165) is 6.26 Å². The van der Waals surface area contributed by atoms with Crippen molar-refractivity contribution in [2.24, 2.45) is 0 Å². The van der Waals surface area contributed by atoms with Gasteiger partial charge in [-0.3, -0.25) is 43.2 Å². The normalized spacial score (nSPS) is 14.7. The molecule has 692 valence electrons. The molecular formula is C84H114ClFN12O27S. The monoisotopic (exact) mass is 1810 g/mol. The predicted octanol–water partition coefficient (Wildman–Crippen LogP) is 0.548. The van der Waals surface area contributed by atoms with E-state index in [9.17, 15) is 61.5 Å². The van der Waals surface area contributed by atoms with Gasteiger partial charge in [0.2, 0.25) is 62.3 Å². The van der Waals surface area contributed by atoms with Crippen LogP contribution in [0.15, 0.2) is 64.8 Å². The first-order valence-corrected chi connectivity index (χ1v) is 44.0. The third-order valence-corrected chi connectivity index (χ3v) is 20.9. The van der Waals surface area contributed by atoms with E-state index < -0.39 is 125 Å². The summed E-state index contributed by atoms with van der Waals surface area (Å²) in [6.07, 6.45) is 5.60. The highest BCUT2D eigenvalue weighted by Crippen LogP contribution is 2.47. The van der Waals surface area contributed by atoms with Crippen LogP contribution in [0.25, 0.3) is 22.3 Å². The van der Waals surface area contributed by atoms with E-state index in [1.165, 1.54) is 29.1 Å². The third kappa shape index (κ3) is 34.5. The Kier molecular flexibility index (Phi) is 45.0. The Morgan fingerprint density at radius 2 is 1.17 bits per heavy atom. The smallest absolute Gasteiger partial charge is 0.343 e. The number of rotatable bonds is 63. The van der Waals surface area contributed by atoms with Gasteiger partial charge < -0.3 is 119 Å². The van der Waals surface area contributed by atoms with Crippen molar-refractivity contribution in [3.63, 3.8) is 0 Å². The zero-order valence-corrected chi connectivity index (χ0v) is 72.7. The predicted molar refractivity (Wildman–Crippen MR) is 449 cm³/mol. The van der Waals surface area contributed by atoms with Crippen LogP contribution in [0.5, 0.6) is 0 Å². The number of esters is 1. The molecule has 9 N–H and O–H groups in total. The van der Waals surface area contributed by atoms with Crippen molar-refractivity contribution in [2.45, 2.75) is 120 Å². The number of sulfone groups is 1. The molecule has 0 saturated heterocycles. The summed E-state index contributed by atoms with van der Waals surface area (Å²) < 4.78 is 116. The summed E-state index contributed by atoms with van der Waals surface area (Å²) in [6.45, 7) is 7.50. The maximum atomic E-state index is 15.4. The molecule has 5 heterocycles. The van der Waals surface area contributed by atoms with E-state index in [1.54, 1.807) is 44.4 Å². The Bertz CT molecular complexity index is 4630. The Morgan fingerprint density at radius 3 is 1.73 bits per heavy atom. The molecule has 42 heteroatoms. The maximum Gasteiger partial charge on any atom is 0.343 e.